The van der Waals surface area contributed by atoms with Crippen LogP contribution in [-0.4, -0.2) is 49.6 Å². The van der Waals surface area contributed by atoms with E-state index in [1.54, 1.807) is 0 Å². The van der Waals surface area contributed by atoms with Crippen LogP contribution in [0.3, 0.4) is 0 Å². The fourth-order valence-corrected chi connectivity index (χ4v) is 3.45. The molecule has 0 radical (unpaired) electrons. The van der Waals surface area contributed by atoms with E-state index in [1.165, 1.54) is 34.9 Å². The minimum Gasteiger partial charge on any atom is -0.323 e. The summed E-state index contributed by atoms with van der Waals surface area (Å²) in [4.78, 5) is 24.8. The first kappa shape index (κ1) is 16.1. The summed E-state index contributed by atoms with van der Waals surface area (Å²) in [5.74, 6) is 0.338. The molecule has 0 bridgehead atoms. The number of nitrogens with zero attached hydrogens (tertiary/aromatic N) is 1. The van der Waals surface area contributed by atoms with Gasteiger partial charge in [0.15, 0.2) is 9.84 Å². The molecule has 1 aliphatic rings. The molecular weight excluding hydrogens is 336 g/mol. The number of amides is 2. The van der Waals surface area contributed by atoms with Crippen molar-refractivity contribution >= 4 is 50.7 Å². The Morgan fingerprint density at radius 2 is 2.19 bits per heavy atom. The maximum atomic E-state index is 11.9. The number of anilines is 1. The molecule has 1 aromatic rings. The van der Waals surface area contributed by atoms with Crippen LogP contribution in [0.4, 0.5) is 5.69 Å². The largest absolute Gasteiger partial charge is 0.323 e. The average Bonchev–Trinajstić information content (AvgIpc) is 2.76. The number of hydrogen-bond acceptors (Lipinski definition) is 5. The van der Waals surface area contributed by atoms with Gasteiger partial charge in [-0.2, -0.15) is 0 Å². The number of halogens is 1. The zero-order valence-corrected chi connectivity index (χ0v) is 13.5. The van der Waals surface area contributed by atoms with E-state index in [2.05, 4.69) is 5.32 Å². The van der Waals surface area contributed by atoms with Crippen LogP contribution in [0.1, 0.15) is 0 Å². The topological polar surface area (TPSA) is 83.6 Å². The molecule has 21 heavy (non-hydrogen) atoms. The number of rotatable bonds is 4. The molecule has 1 fully saturated rings. The Balaban J connectivity index is 2.11. The van der Waals surface area contributed by atoms with Crippen LogP contribution < -0.4 is 5.32 Å². The molecule has 1 saturated heterocycles. The SMILES string of the molecule is CS(=O)(=O)c1ccc(Cl)c(NC(=O)CN2CSCC2=O)c1. The molecule has 1 heterocycles. The van der Waals surface area contributed by atoms with E-state index in [-0.39, 0.29) is 28.1 Å². The first-order valence-corrected chi connectivity index (χ1v) is 9.35. The summed E-state index contributed by atoms with van der Waals surface area (Å²) in [6, 6.07) is 4.08. The lowest BCUT2D eigenvalue weighted by atomic mass is 10.3. The number of sulfone groups is 1. The van der Waals surface area contributed by atoms with E-state index in [4.69, 9.17) is 11.6 Å². The van der Waals surface area contributed by atoms with Crippen LogP contribution in [0.2, 0.25) is 5.02 Å². The molecule has 2 rings (SSSR count). The van der Waals surface area contributed by atoms with Crippen molar-refractivity contribution in [2.75, 3.05) is 29.7 Å². The molecule has 0 aliphatic carbocycles. The van der Waals surface area contributed by atoms with E-state index in [0.29, 0.717) is 11.6 Å². The summed E-state index contributed by atoms with van der Waals surface area (Å²) in [7, 11) is -3.39. The summed E-state index contributed by atoms with van der Waals surface area (Å²) in [6.07, 6.45) is 1.07. The van der Waals surface area contributed by atoms with Gasteiger partial charge in [0.1, 0.15) is 6.54 Å². The van der Waals surface area contributed by atoms with E-state index >= 15 is 0 Å². The molecule has 1 aromatic carbocycles. The second-order valence-electron chi connectivity index (χ2n) is 4.53. The van der Waals surface area contributed by atoms with Crippen LogP contribution in [0, 0.1) is 0 Å². The fourth-order valence-electron chi connectivity index (χ4n) is 1.73. The van der Waals surface area contributed by atoms with Gasteiger partial charge in [0.05, 0.1) is 27.2 Å². The summed E-state index contributed by atoms with van der Waals surface area (Å²) in [5.41, 5.74) is 0.212. The van der Waals surface area contributed by atoms with Gasteiger partial charge in [-0.05, 0) is 18.2 Å². The Morgan fingerprint density at radius 3 is 2.76 bits per heavy atom. The first-order chi connectivity index (χ1) is 9.77. The molecular formula is C12H13ClN2O4S2. The van der Waals surface area contributed by atoms with Gasteiger partial charge in [-0.3, -0.25) is 9.59 Å². The Morgan fingerprint density at radius 1 is 1.48 bits per heavy atom. The van der Waals surface area contributed by atoms with Crippen LogP contribution in [-0.2, 0) is 19.4 Å². The van der Waals surface area contributed by atoms with Crippen LogP contribution in [0.15, 0.2) is 23.1 Å². The highest BCUT2D eigenvalue weighted by Crippen LogP contribution is 2.25. The normalized spacial score (nSPS) is 15.3. The maximum Gasteiger partial charge on any atom is 0.244 e. The van der Waals surface area contributed by atoms with Crippen molar-refractivity contribution in [3.63, 3.8) is 0 Å². The molecule has 0 aromatic heterocycles. The van der Waals surface area contributed by atoms with Gasteiger partial charge in [0.2, 0.25) is 11.8 Å². The highest BCUT2D eigenvalue weighted by atomic mass is 35.5. The van der Waals surface area contributed by atoms with Gasteiger partial charge < -0.3 is 10.2 Å². The molecule has 1 N–H and O–H groups in total. The van der Waals surface area contributed by atoms with Crippen LogP contribution >= 0.6 is 23.4 Å². The minimum atomic E-state index is -3.39. The Hall–Kier alpha value is -1.25. The van der Waals surface area contributed by atoms with Crippen molar-refractivity contribution in [3.05, 3.63) is 23.2 Å². The van der Waals surface area contributed by atoms with Gasteiger partial charge in [-0.1, -0.05) is 11.6 Å². The highest BCUT2D eigenvalue weighted by molar-refractivity contribution is 8.00. The Bertz CT molecular complexity index is 690. The molecule has 9 heteroatoms. The third kappa shape index (κ3) is 4.12. The van der Waals surface area contributed by atoms with Crippen molar-refractivity contribution < 1.29 is 18.0 Å². The summed E-state index contributed by atoms with van der Waals surface area (Å²) in [5, 5.41) is 2.77. The summed E-state index contributed by atoms with van der Waals surface area (Å²) in [6.45, 7) is -0.0781. The van der Waals surface area contributed by atoms with Crippen molar-refractivity contribution in [2.24, 2.45) is 0 Å². The van der Waals surface area contributed by atoms with Gasteiger partial charge >= 0.3 is 0 Å². The van der Waals surface area contributed by atoms with Crippen molar-refractivity contribution in [3.8, 4) is 0 Å². The fraction of sp³-hybridized carbons (Fsp3) is 0.333. The van der Waals surface area contributed by atoms with E-state index in [1.807, 2.05) is 0 Å². The predicted octanol–water partition coefficient (Wildman–Crippen LogP) is 1.21. The molecule has 2 amide bonds. The molecule has 0 atom stereocenters. The van der Waals surface area contributed by atoms with Crippen molar-refractivity contribution in [1.29, 1.82) is 0 Å². The van der Waals surface area contributed by atoms with Crippen molar-refractivity contribution in [1.82, 2.24) is 4.90 Å². The highest BCUT2D eigenvalue weighted by Gasteiger charge is 2.23. The number of hydrogen-bond donors (Lipinski definition) is 1. The number of carbonyl (C=O) groups excluding carboxylic acids is 2. The number of carbonyl (C=O) groups is 2. The molecule has 6 nitrogen and oxygen atoms in total. The number of benzene rings is 1. The molecule has 114 valence electrons. The van der Waals surface area contributed by atoms with E-state index in [0.717, 1.165) is 6.26 Å². The van der Waals surface area contributed by atoms with E-state index in [9.17, 15) is 18.0 Å². The van der Waals surface area contributed by atoms with Crippen LogP contribution in [0.25, 0.3) is 0 Å². The zero-order chi connectivity index (χ0) is 15.6. The lowest BCUT2D eigenvalue weighted by Crippen LogP contribution is -2.34. The molecule has 0 unspecified atom stereocenters. The van der Waals surface area contributed by atoms with Crippen LogP contribution in [0.5, 0.6) is 0 Å². The third-order valence-electron chi connectivity index (χ3n) is 2.80. The average molecular weight is 349 g/mol. The predicted molar refractivity (Wildman–Crippen MR) is 82.2 cm³/mol. The lowest BCUT2D eigenvalue weighted by molar-refractivity contribution is -0.130. The Labute approximate surface area is 131 Å². The minimum absolute atomic E-state index is 0.0648. The number of nitrogens with one attached hydrogen (secondary N) is 1. The van der Waals surface area contributed by atoms with E-state index < -0.39 is 15.7 Å². The Kier molecular flexibility index (Phi) is 4.80. The van der Waals surface area contributed by atoms with Crippen molar-refractivity contribution in [2.45, 2.75) is 4.90 Å². The summed E-state index contributed by atoms with van der Waals surface area (Å²) < 4.78 is 23.0. The smallest absolute Gasteiger partial charge is 0.244 e. The monoisotopic (exact) mass is 348 g/mol. The zero-order valence-electron chi connectivity index (χ0n) is 11.1. The molecule has 1 aliphatic heterocycles. The second-order valence-corrected chi connectivity index (χ2v) is 7.91. The van der Waals surface area contributed by atoms with Gasteiger partial charge in [0.25, 0.3) is 0 Å². The molecule has 0 saturated carbocycles. The molecule has 0 spiro atoms. The first-order valence-electron chi connectivity index (χ1n) is 5.92. The second kappa shape index (κ2) is 6.25. The van der Waals surface area contributed by atoms with Gasteiger partial charge in [-0.15, -0.1) is 11.8 Å². The number of thioether (sulfide) groups is 1. The van der Waals surface area contributed by atoms with Gasteiger partial charge in [-0.25, -0.2) is 8.42 Å². The third-order valence-corrected chi connectivity index (χ3v) is 5.19. The quantitative estimate of drug-likeness (QED) is 0.884. The standard InChI is InChI=1S/C12H13ClN2O4S2/c1-21(18,19)8-2-3-9(13)10(4-8)14-11(16)5-15-7-20-6-12(15)17/h2-4H,5-7H2,1H3,(H,14,16). The maximum absolute atomic E-state index is 11.9. The van der Waals surface area contributed by atoms with Gasteiger partial charge in [0, 0.05) is 6.26 Å². The summed E-state index contributed by atoms with van der Waals surface area (Å²) >= 11 is 7.38. The lowest BCUT2D eigenvalue weighted by Gasteiger charge is -2.15.